The highest BCUT2D eigenvalue weighted by atomic mass is 16.6. The molecule has 0 spiro atoms. The number of carbonyl (C=O) groups excluding carboxylic acids is 1. The summed E-state index contributed by atoms with van der Waals surface area (Å²) in [7, 11) is 0. The number of pyridine rings is 2. The minimum absolute atomic E-state index is 0.00575. The topological polar surface area (TPSA) is 118 Å². The number of nitro benzene ring substituents is 1. The third kappa shape index (κ3) is 3.98. The molecule has 0 saturated carbocycles. The first kappa shape index (κ1) is 19.5. The van der Waals surface area contributed by atoms with Crippen LogP contribution in [0.1, 0.15) is 39.9 Å². The lowest BCUT2D eigenvalue weighted by molar-refractivity contribution is -0.384. The maximum Gasteiger partial charge on any atom is 0.269 e. The van der Waals surface area contributed by atoms with Crippen molar-refractivity contribution in [3.63, 3.8) is 0 Å². The van der Waals surface area contributed by atoms with Gasteiger partial charge in [0, 0.05) is 54.0 Å². The molecule has 2 heterocycles. The first-order valence-corrected chi connectivity index (χ1v) is 9.73. The summed E-state index contributed by atoms with van der Waals surface area (Å²) in [5, 5.41) is 13.5. The molecule has 8 nitrogen and oxygen atoms in total. The predicted octanol–water partition coefficient (Wildman–Crippen LogP) is 3.15. The summed E-state index contributed by atoms with van der Waals surface area (Å²) in [6.45, 7) is 0.245. The molecule has 0 atom stereocenters. The van der Waals surface area contributed by atoms with Crippen LogP contribution < -0.4 is 10.9 Å². The summed E-state index contributed by atoms with van der Waals surface area (Å²) in [6.07, 6.45) is 8.52. The van der Waals surface area contributed by atoms with Gasteiger partial charge in [0.05, 0.1) is 10.5 Å². The minimum atomic E-state index is -0.463. The second-order valence-electron chi connectivity index (χ2n) is 7.26. The van der Waals surface area contributed by atoms with E-state index in [4.69, 9.17) is 0 Å². The first-order valence-electron chi connectivity index (χ1n) is 9.73. The van der Waals surface area contributed by atoms with E-state index in [9.17, 15) is 19.7 Å². The second-order valence-corrected chi connectivity index (χ2v) is 7.26. The standard InChI is InChI=1S/C22H20N4O4/c27-21(24-10-14-5-7-17(8-6-14)26(29)30)16-9-15(11-23-12-16)20-13-25-22(28)19-4-2-1-3-18(19)20/h5-9,11-13H,1-4,10H2,(H,24,27)(H,25,28). The average Bonchev–Trinajstić information content (AvgIpc) is 2.78. The normalized spacial score (nSPS) is 12.8. The van der Waals surface area contributed by atoms with Crippen molar-refractivity contribution in [2.24, 2.45) is 0 Å². The zero-order valence-corrected chi connectivity index (χ0v) is 16.2. The van der Waals surface area contributed by atoms with Crippen LogP contribution in [-0.4, -0.2) is 20.8 Å². The number of nitro groups is 1. The van der Waals surface area contributed by atoms with Crippen LogP contribution in [-0.2, 0) is 19.4 Å². The zero-order valence-electron chi connectivity index (χ0n) is 16.2. The van der Waals surface area contributed by atoms with E-state index in [1.54, 1.807) is 30.6 Å². The molecule has 1 aromatic carbocycles. The van der Waals surface area contributed by atoms with Crippen molar-refractivity contribution < 1.29 is 9.72 Å². The molecular formula is C22H20N4O4. The lowest BCUT2D eigenvalue weighted by Crippen LogP contribution is -2.23. The molecule has 0 unspecified atom stereocenters. The number of benzene rings is 1. The van der Waals surface area contributed by atoms with Crippen LogP contribution in [0.5, 0.6) is 0 Å². The van der Waals surface area contributed by atoms with E-state index in [-0.39, 0.29) is 23.7 Å². The largest absolute Gasteiger partial charge is 0.348 e. The van der Waals surface area contributed by atoms with Crippen LogP contribution in [0.3, 0.4) is 0 Å². The number of aromatic nitrogens is 2. The number of hydrogen-bond donors (Lipinski definition) is 2. The fourth-order valence-corrected chi connectivity index (χ4v) is 3.75. The summed E-state index contributed by atoms with van der Waals surface area (Å²) >= 11 is 0. The van der Waals surface area contributed by atoms with Gasteiger partial charge in [-0.25, -0.2) is 0 Å². The molecule has 0 bridgehead atoms. The number of carbonyl (C=O) groups is 1. The molecule has 30 heavy (non-hydrogen) atoms. The summed E-state index contributed by atoms with van der Waals surface area (Å²) in [5.41, 5.74) is 4.68. The Morgan fingerprint density at radius 1 is 1.13 bits per heavy atom. The van der Waals surface area contributed by atoms with Gasteiger partial charge < -0.3 is 10.3 Å². The van der Waals surface area contributed by atoms with Crippen LogP contribution in [0.25, 0.3) is 11.1 Å². The van der Waals surface area contributed by atoms with Crippen LogP contribution in [0.4, 0.5) is 5.69 Å². The molecule has 2 N–H and O–H groups in total. The number of nitrogens with zero attached hydrogens (tertiary/aromatic N) is 2. The van der Waals surface area contributed by atoms with E-state index in [1.165, 1.54) is 18.3 Å². The monoisotopic (exact) mass is 404 g/mol. The molecule has 152 valence electrons. The molecule has 0 radical (unpaired) electrons. The van der Waals surface area contributed by atoms with Crippen LogP contribution in [0, 0.1) is 10.1 Å². The van der Waals surface area contributed by atoms with Crippen molar-refractivity contribution in [2.45, 2.75) is 32.2 Å². The number of aromatic amines is 1. The van der Waals surface area contributed by atoms with Gasteiger partial charge in [0.2, 0.25) is 0 Å². The smallest absolute Gasteiger partial charge is 0.269 e. The molecular weight excluding hydrogens is 384 g/mol. The van der Waals surface area contributed by atoms with Crippen molar-refractivity contribution in [1.82, 2.24) is 15.3 Å². The van der Waals surface area contributed by atoms with E-state index >= 15 is 0 Å². The van der Waals surface area contributed by atoms with Gasteiger partial charge in [0.25, 0.3) is 17.2 Å². The lowest BCUT2D eigenvalue weighted by Gasteiger charge is -2.18. The van der Waals surface area contributed by atoms with E-state index in [0.29, 0.717) is 5.56 Å². The Balaban J connectivity index is 1.53. The van der Waals surface area contributed by atoms with Crippen molar-refractivity contribution in [3.05, 3.63) is 91.6 Å². The van der Waals surface area contributed by atoms with Gasteiger partial charge in [-0.2, -0.15) is 0 Å². The molecule has 0 saturated heterocycles. The Morgan fingerprint density at radius 3 is 2.60 bits per heavy atom. The fourth-order valence-electron chi connectivity index (χ4n) is 3.75. The summed E-state index contributed by atoms with van der Waals surface area (Å²) in [5.74, 6) is -0.291. The number of amides is 1. The Bertz CT molecular complexity index is 1170. The number of rotatable bonds is 5. The van der Waals surface area contributed by atoms with E-state index in [0.717, 1.165) is 53.5 Å². The molecule has 3 aromatic rings. The quantitative estimate of drug-likeness (QED) is 0.500. The lowest BCUT2D eigenvalue weighted by atomic mass is 9.88. The van der Waals surface area contributed by atoms with Crippen LogP contribution in [0.15, 0.2) is 53.7 Å². The molecule has 1 aliphatic rings. The van der Waals surface area contributed by atoms with Gasteiger partial charge in [-0.15, -0.1) is 0 Å². The summed E-state index contributed by atoms with van der Waals surface area (Å²) in [4.78, 5) is 42.0. The van der Waals surface area contributed by atoms with Crippen LogP contribution in [0.2, 0.25) is 0 Å². The third-order valence-corrected chi connectivity index (χ3v) is 5.33. The van der Waals surface area contributed by atoms with Gasteiger partial charge in [-0.3, -0.25) is 24.7 Å². The van der Waals surface area contributed by atoms with Gasteiger partial charge >= 0.3 is 0 Å². The Hall–Kier alpha value is -3.81. The van der Waals surface area contributed by atoms with Crippen molar-refractivity contribution >= 4 is 11.6 Å². The zero-order chi connectivity index (χ0) is 21.1. The number of hydrogen-bond acceptors (Lipinski definition) is 5. The van der Waals surface area contributed by atoms with Gasteiger partial charge in [0.1, 0.15) is 0 Å². The Labute approximate surface area is 172 Å². The molecule has 8 heteroatoms. The van der Waals surface area contributed by atoms with E-state index < -0.39 is 4.92 Å². The Morgan fingerprint density at radius 2 is 1.87 bits per heavy atom. The highest BCUT2D eigenvalue weighted by molar-refractivity contribution is 5.95. The molecule has 2 aromatic heterocycles. The molecule has 1 amide bonds. The van der Waals surface area contributed by atoms with Crippen molar-refractivity contribution in [2.75, 3.05) is 0 Å². The predicted molar refractivity (Wildman–Crippen MR) is 111 cm³/mol. The molecule has 0 aliphatic heterocycles. The first-order chi connectivity index (χ1) is 14.5. The Kier molecular flexibility index (Phi) is 5.38. The third-order valence-electron chi connectivity index (χ3n) is 5.33. The molecule has 1 aliphatic carbocycles. The number of H-pyrrole nitrogens is 1. The summed E-state index contributed by atoms with van der Waals surface area (Å²) < 4.78 is 0. The van der Waals surface area contributed by atoms with E-state index in [2.05, 4.69) is 15.3 Å². The highest BCUT2D eigenvalue weighted by Crippen LogP contribution is 2.29. The fraction of sp³-hybridized carbons (Fsp3) is 0.227. The summed E-state index contributed by atoms with van der Waals surface area (Å²) in [6, 6.07) is 7.80. The number of nitrogens with one attached hydrogen (secondary N) is 2. The average molecular weight is 404 g/mol. The molecule has 4 rings (SSSR count). The maximum atomic E-state index is 12.6. The van der Waals surface area contributed by atoms with Crippen LogP contribution >= 0.6 is 0 Å². The van der Waals surface area contributed by atoms with Gasteiger partial charge in [-0.1, -0.05) is 12.1 Å². The number of fused-ring (bicyclic) bond motifs is 1. The van der Waals surface area contributed by atoms with Gasteiger partial charge in [0.15, 0.2) is 0 Å². The van der Waals surface area contributed by atoms with Crippen molar-refractivity contribution in [3.8, 4) is 11.1 Å². The second kappa shape index (κ2) is 8.28. The minimum Gasteiger partial charge on any atom is -0.348 e. The maximum absolute atomic E-state index is 12.6. The van der Waals surface area contributed by atoms with Gasteiger partial charge in [-0.05, 0) is 42.9 Å². The van der Waals surface area contributed by atoms with E-state index in [1.807, 2.05) is 0 Å². The SMILES string of the molecule is O=C(NCc1ccc([N+](=O)[O-])cc1)c1cncc(-c2c[nH]c(=O)c3c2CCCC3)c1. The number of non-ortho nitro benzene ring substituents is 1. The highest BCUT2D eigenvalue weighted by Gasteiger charge is 2.18. The van der Waals surface area contributed by atoms with Crippen molar-refractivity contribution in [1.29, 1.82) is 0 Å². The molecule has 0 fully saturated rings.